The van der Waals surface area contributed by atoms with Gasteiger partial charge < -0.3 is 9.88 Å². The molecule has 3 unspecified atom stereocenters. The second kappa shape index (κ2) is 5.59. The Hall–Kier alpha value is -1.88. The van der Waals surface area contributed by atoms with Crippen LogP contribution in [0.2, 0.25) is 0 Å². The van der Waals surface area contributed by atoms with Crippen LogP contribution in [0.5, 0.6) is 0 Å². The summed E-state index contributed by atoms with van der Waals surface area (Å²) >= 11 is 0. The minimum atomic E-state index is 0.141. The second-order valence-electron chi connectivity index (χ2n) is 7.67. The van der Waals surface area contributed by atoms with Crippen LogP contribution in [-0.4, -0.2) is 57.9 Å². The van der Waals surface area contributed by atoms with Gasteiger partial charge in [-0.05, 0) is 43.2 Å². The lowest BCUT2D eigenvalue weighted by atomic mass is 9.93. The zero-order valence-electron chi connectivity index (χ0n) is 13.9. The molecule has 2 aromatic heterocycles. The number of aromatic nitrogens is 2. The van der Waals surface area contributed by atoms with E-state index in [0.29, 0.717) is 0 Å². The van der Waals surface area contributed by atoms with Crippen LogP contribution in [0.15, 0.2) is 24.5 Å². The van der Waals surface area contributed by atoms with Crippen molar-refractivity contribution in [2.75, 3.05) is 26.2 Å². The van der Waals surface area contributed by atoms with E-state index in [1.165, 1.54) is 25.7 Å². The first-order valence-electron chi connectivity index (χ1n) is 9.25. The Balaban J connectivity index is 1.27. The van der Waals surface area contributed by atoms with Crippen molar-refractivity contribution in [3.8, 4) is 0 Å². The molecular weight excluding hydrogens is 300 g/mol. The van der Waals surface area contributed by atoms with Crippen LogP contribution >= 0.6 is 0 Å². The van der Waals surface area contributed by atoms with Gasteiger partial charge in [0, 0.05) is 50.0 Å². The third-order valence-electron chi connectivity index (χ3n) is 6.45. The molecule has 126 valence electrons. The topological polar surface area (TPSA) is 52.2 Å². The molecule has 3 aliphatic rings. The number of rotatable bonds is 2. The van der Waals surface area contributed by atoms with Crippen molar-refractivity contribution in [1.29, 1.82) is 0 Å². The predicted octanol–water partition coefficient (Wildman–Crippen LogP) is 2.51. The molecule has 2 aliphatic carbocycles. The molecule has 3 fully saturated rings. The number of carbonyl (C=O) groups excluding carboxylic acids is 1. The van der Waals surface area contributed by atoms with Gasteiger partial charge in [0.25, 0.3) is 5.91 Å². The van der Waals surface area contributed by atoms with E-state index in [9.17, 15) is 4.79 Å². The minimum Gasteiger partial charge on any atom is -0.345 e. The molecule has 0 spiro atoms. The van der Waals surface area contributed by atoms with E-state index in [4.69, 9.17) is 0 Å². The summed E-state index contributed by atoms with van der Waals surface area (Å²) in [6.45, 7) is 3.75. The number of H-pyrrole nitrogens is 1. The fourth-order valence-electron chi connectivity index (χ4n) is 5.22. The molecule has 3 heterocycles. The number of fused-ring (bicyclic) bond motifs is 3. The number of nitrogens with zero attached hydrogens (tertiary/aromatic N) is 3. The van der Waals surface area contributed by atoms with Crippen LogP contribution in [-0.2, 0) is 0 Å². The van der Waals surface area contributed by atoms with E-state index in [2.05, 4.69) is 14.9 Å². The molecule has 1 saturated heterocycles. The fraction of sp³-hybridized carbons (Fsp3) is 0.579. The number of carbonyl (C=O) groups is 1. The van der Waals surface area contributed by atoms with E-state index in [1.54, 1.807) is 6.20 Å². The largest absolute Gasteiger partial charge is 0.345 e. The highest BCUT2D eigenvalue weighted by Gasteiger charge is 2.43. The van der Waals surface area contributed by atoms with Crippen molar-refractivity contribution >= 4 is 16.9 Å². The van der Waals surface area contributed by atoms with Crippen molar-refractivity contribution in [1.82, 2.24) is 19.8 Å². The van der Waals surface area contributed by atoms with Gasteiger partial charge in [-0.15, -0.1) is 0 Å². The van der Waals surface area contributed by atoms with Gasteiger partial charge >= 0.3 is 0 Å². The van der Waals surface area contributed by atoms with Gasteiger partial charge in [-0.2, -0.15) is 0 Å². The van der Waals surface area contributed by atoms with Crippen LogP contribution in [0.1, 0.15) is 36.0 Å². The lowest BCUT2D eigenvalue weighted by Gasteiger charge is -2.41. The molecule has 1 aliphatic heterocycles. The van der Waals surface area contributed by atoms with Crippen molar-refractivity contribution in [2.24, 2.45) is 11.8 Å². The van der Waals surface area contributed by atoms with E-state index < -0.39 is 0 Å². The number of aromatic amines is 1. The van der Waals surface area contributed by atoms with Gasteiger partial charge in [-0.25, -0.2) is 4.98 Å². The predicted molar refractivity (Wildman–Crippen MR) is 92.8 cm³/mol. The first kappa shape index (κ1) is 14.5. The summed E-state index contributed by atoms with van der Waals surface area (Å²) in [6, 6.07) is 4.65. The second-order valence-corrected chi connectivity index (χ2v) is 7.67. The zero-order valence-corrected chi connectivity index (χ0v) is 13.9. The zero-order chi connectivity index (χ0) is 16.1. The SMILES string of the molecule is O=C(c1c[nH]c2ncccc12)N1CCN(C2CC3CCC2C3)CC1. The van der Waals surface area contributed by atoms with Gasteiger partial charge in [0.2, 0.25) is 0 Å². The van der Waals surface area contributed by atoms with Gasteiger partial charge in [-0.3, -0.25) is 9.69 Å². The molecule has 3 atom stereocenters. The molecule has 5 nitrogen and oxygen atoms in total. The normalized spacial score (nSPS) is 30.3. The molecule has 0 aromatic carbocycles. The fourth-order valence-corrected chi connectivity index (χ4v) is 5.22. The molecule has 2 bridgehead atoms. The molecule has 5 heteroatoms. The summed E-state index contributed by atoms with van der Waals surface area (Å²) in [4.78, 5) is 25.0. The van der Waals surface area contributed by atoms with Crippen molar-refractivity contribution in [3.63, 3.8) is 0 Å². The van der Waals surface area contributed by atoms with Crippen molar-refractivity contribution in [3.05, 3.63) is 30.1 Å². The Morgan fingerprint density at radius 1 is 1.17 bits per heavy atom. The number of hydrogen-bond donors (Lipinski definition) is 1. The smallest absolute Gasteiger partial charge is 0.256 e. The first-order chi connectivity index (χ1) is 11.8. The van der Waals surface area contributed by atoms with Gasteiger partial charge in [0.15, 0.2) is 0 Å². The molecule has 1 amide bonds. The highest BCUT2D eigenvalue weighted by atomic mass is 16.2. The molecular formula is C19H24N4O. The van der Waals surface area contributed by atoms with Crippen molar-refractivity contribution < 1.29 is 4.79 Å². The van der Waals surface area contributed by atoms with Crippen LogP contribution in [0.4, 0.5) is 0 Å². The third kappa shape index (κ3) is 2.25. The van der Waals surface area contributed by atoms with Crippen LogP contribution in [0.3, 0.4) is 0 Å². The average Bonchev–Trinajstić information content (AvgIpc) is 3.36. The molecule has 1 N–H and O–H groups in total. The molecule has 2 saturated carbocycles. The highest BCUT2D eigenvalue weighted by Crippen LogP contribution is 2.46. The summed E-state index contributed by atoms with van der Waals surface area (Å²) < 4.78 is 0. The van der Waals surface area contributed by atoms with Crippen LogP contribution < -0.4 is 0 Å². The monoisotopic (exact) mass is 324 g/mol. The van der Waals surface area contributed by atoms with Crippen molar-refractivity contribution in [2.45, 2.75) is 31.7 Å². The Kier molecular flexibility index (Phi) is 3.37. The Morgan fingerprint density at radius 3 is 2.79 bits per heavy atom. The van der Waals surface area contributed by atoms with E-state index in [0.717, 1.165) is 60.7 Å². The number of piperazine rings is 1. The van der Waals surface area contributed by atoms with Gasteiger partial charge in [-0.1, -0.05) is 6.42 Å². The van der Waals surface area contributed by atoms with Gasteiger partial charge in [0.1, 0.15) is 5.65 Å². The Bertz CT molecular complexity index is 762. The third-order valence-corrected chi connectivity index (χ3v) is 6.45. The summed E-state index contributed by atoms with van der Waals surface area (Å²) in [5, 5.41) is 0.929. The standard InChI is InChI=1S/C19H24N4O/c24-19(16-12-21-18-15(16)2-1-5-20-18)23-8-6-22(7-9-23)17-11-13-3-4-14(17)10-13/h1-2,5,12-14,17H,3-4,6-11H2,(H,20,21). The summed E-state index contributed by atoms with van der Waals surface area (Å²) in [5.41, 5.74) is 1.55. The quantitative estimate of drug-likeness (QED) is 0.923. The summed E-state index contributed by atoms with van der Waals surface area (Å²) in [5.74, 6) is 2.05. The first-order valence-corrected chi connectivity index (χ1v) is 9.25. The molecule has 24 heavy (non-hydrogen) atoms. The number of hydrogen-bond acceptors (Lipinski definition) is 3. The number of amides is 1. The maximum Gasteiger partial charge on any atom is 0.256 e. The van der Waals surface area contributed by atoms with Crippen LogP contribution in [0, 0.1) is 11.8 Å². The average molecular weight is 324 g/mol. The highest BCUT2D eigenvalue weighted by molar-refractivity contribution is 6.05. The minimum absolute atomic E-state index is 0.141. The van der Waals surface area contributed by atoms with Gasteiger partial charge in [0.05, 0.1) is 5.56 Å². The van der Waals surface area contributed by atoms with E-state index in [-0.39, 0.29) is 5.91 Å². The maximum absolute atomic E-state index is 12.9. The van der Waals surface area contributed by atoms with Crippen LogP contribution in [0.25, 0.3) is 11.0 Å². The maximum atomic E-state index is 12.9. The van der Waals surface area contributed by atoms with E-state index in [1.807, 2.05) is 23.2 Å². The lowest BCUT2D eigenvalue weighted by Crippen LogP contribution is -2.53. The Morgan fingerprint density at radius 2 is 2.04 bits per heavy atom. The molecule has 0 radical (unpaired) electrons. The lowest BCUT2D eigenvalue weighted by molar-refractivity contribution is 0.0497. The summed E-state index contributed by atoms with van der Waals surface area (Å²) in [6.07, 6.45) is 9.29. The number of pyridine rings is 1. The summed E-state index contributed by atoms with van der Waals surface area (Å²) in [7, 11) is 0. The van der Waals surface area contributed by atoms with E-state index >= 15 is 0 Å². The molecule has 2 aromatic rings. The Labute approximate surface area is 142 Å². The number of nitrogens with one attached hydrogen (secondary N) is 1. The molecule has 5 rings (SSSR count).